The molecule has 0 unspecified atom stereocenters. The summed E-state index contributed by atoms with van der Waals surface area (Å²) in [6.07, 6.45) is 2.85. The highest BCUT2D eigenvalue weighted by molar-refractivity contribution is 5.94. The lowest BCUT2D eigenvalue weighted by molar-refractivity contribution is -0.142. The number of nitrogens with one attached hydrogen (secondary N) is 1. The van der Waals surface area contributed by atoms with Crippen molar-refractivity contribution in [3.63, 3.8) is 0 Å². The van der Waals surface area contributed by atoms with Crippen molar-refractivity contribution >= 4 is 23.6 Å². The van der Waals surface area contributed by atoms with Crippen LogP contribution in [-0.2, 0) is 14.3 Å². The molecule has 0 saturated heterocycles. The molecule has 0 aliphatic carbocycles. The van der Waals surface area contributed by atoms with E-state index in [0.717, 1.165) is 16.7 Å². The Morgan fingerprint density at radius 2 is 1.81 bits per heavy atom. The Balaban J connectivity index is 1.49. The molecule has 1 amide bonds. The zero-order chi connectivity index (χ0) is 18.5. The van der Waals surface area contributed by atoms with Crippen LogP contribution in [0.25, 0.3) is 6.08 Å². The van der Waals surface area contributed by atoms with E-state index in [1.807, 2.05) is 32.0 Å². The summed E-state index contributed by atoms with van der Waals surface area (Å²) in [6.45, 7) is 3.74. The van der Waals surface area contributed by atoms with Crippen LogP contribution < -0.4 is 14.8 Å². The molecule has 1 heterocycles. The van der Waals surface area contributed by atoms with Crippen LogP contribution in [0.5, 0.6) is 11.5 Å². The monoisotopic (exact) mass is 353 g/mol. The molecule has 0 radical (unpaired) electrons. The second kappa shape index (κ2) is 7.74. The second-order valence-corrected chi connectivity index (χ2v) is 5.98. The molecular formula is C20H19NO5. The third-order valence-electron chi connectivity index (χ3n) is 3.66. The summed E-state index contributed by atoms with van der Waals surface area (Å²) in [7, 11) is 0. The van der Waals surface area contributed by atoms with Crippen LogP contribution in [0.15, 0.2) is 42.5 Å². The summed E-state index contributed by atoms with van der Waals surface area (Å²) in [6, 6.07) is 11.0. The molecule has 0 saturated carbocycles. The second-order valence-electron chi connectivity index (χ2n) is 5.98. The van der Waals surface area contributed by atoms with Crippen molar-refractivity contribution < 1.29 is 23.8 Å². The first-order chi connectivity index (χ1) is 12.5. The Kier molecular flexibility index (Phi) is 5.22. The molecule has 0 atom stereocenters. The number of amides is 1. The van der Waals surface area contributed by atoms with Crippen molar-refractivity contribution in [3.8, 4) is 11.5 Å². The third kappa shape index (κ3) is 4.63. The van der Waals surface area contributed by atoms with Crippen molar-refractivity contribution in [1.29, 1.82) is 0 Å². The van der Waals surface area contributed by atoms with E-state index in [-0.39, 0.29) is 19.3 Å². The Bertz CT molecular complexity index is 852. The maximum absolute atomic E-state index is 11.9. The van der Waals surface area contributed by atoms with Crippen LogP contribution in [0.1, 0.15) is 16.7 Å². The summed E-state index contributed by atoms with van der Waals surface area (Å²) in [5.41, 5.74) is 3.54. The number of hydrogen-bond acceptors (Lipinski definition) is 5. The van der Waals surface area contributed by atoms with Crippen molar-refractivity contribution in [1.82, 2.24) is 0 Å². The predicted octanol–water partition coefficient (Wildman–Crippen LogP) is 3.23. The van der Waals surface area contributed by atoms with Gasteiger partial charge >= 0.3 is 5.97 Å². The zero-order valence-corrected chi connectivity index (χ0v) is 14.6. The van der Waals surface area contributed by atoms with Crippen molar-refractivity contribution in [2.75, 3.05) is 18.7 Å². The number of fused-ring (bicyclic) bond motifs is 1. The van der Waals surface area contributed by atoms with Crippen LogP contribution in [0, 0.1) is 13.8 Å². The third-order valence-corrected chi connectivity index (χ3v) is 3.66. The highest BCUT2D eigenvalue weighted by Crippen LogP contribution is 2.32. The molecule has 6 heteroatoms. The minimum atomic E-state index is -0.599. The number of carbonyl (C=O) groups is 2. The highest BCUT2D eigenvalue weighted by Gasteiger charge is 2.12. The molecule has 6 nitrogen and oxygen atoms in total. The van der Waals surface area contributed by atoms with Gasteiger partial charge in [0.1, 0.15) is 0 Å². The Hall–Kier alpha value is -3.28. The number of ether oxygens (including phenoxy) is 3. The van der Waals surface area contributed by atoms with Crippen LogP contribution >= 0.6 is 0 Å². The summed E-state index contributed by atoms with van der Waals surface area (Å²) < 4.78 is 15.5. The number of aryl methyl sites for hydroxylation is 2. The summed E-state index contributed by atoms with van der Waals surface area (Å²) in [5.74, 6) is 0.319. The molecule has 2 aromatic rings. The average Bonchev–Trinajstić information content (AvgIpc) is 3.05. The fourth-order valence-electron chi connectivity index (χ4n) is 2.61. The van der Waals surface area contributed by atoms with Crippen molar-refractivity contribution in [3.05, 3.63) is 59.2 Å². The number of esters is 1. The predicted molar refractivity (Wildman–Crippen MR) is 97.1 cm³/mol. The van der Waals surface area contributed by atoms with Gasteiger partial charge in [0, 0.05) is 11.8 Å². The first-order valence-corrected chi connectivity index (χ1v) is 8.12. The fourth-order valence-corrected chi connectivity index (χ4v) is 2.61. The van der Waals surface area contributed by atoms with Gasteiger partial charge in [0.05, 0.1) is 0 Å². The van der Waals surface area contributed by atoms with E-state index in [0.29, 0.717) is 17.2 Å². The number of hydrogen-bond donors (Lipinski definition) is 1. The van der Waals surface area contributed by atoms with Crippen LogP contribution in [-0.4, -0.2) is 25.3 Å². The SMILES string of the molecule is Cc1cc(C)cc(NC(=O)COC(=O)/C=C/c2ccc3c(c2)OCO3)c1. The van der Waals surface area contributed by atoms with Gasteiger partial charge in [0.25, 0.3) is 5.91 Å². The molecule has 0 fully saturated rings. The van der Waals surface area contributed by atoms with Crippen LogP contribution in [0.2, 0.25) is 0 Å². The van der Waals surface area contributed by atoms with E-state index >= 15 is 0 Å². The maximum Gasteiger partial charge on any atom is 0.331 e. The van der Waals surface area contributed by atoms with Gasteiger partial charge in [0.2, 0.25) is 6.79 Å². The number of anilines is 1. The Morgan fingerprint density at radius 1 is 1.08 bits per heavy atom. The quantitative estimate of drug-likeness (QED) is 0.660. The van der Waals surface area contributed by atoms with E-state index in [4.69, 9.17) is 14.2 Å². The Morgan fingerprint density at radius 3 is 2.58 bits per heavy atom. The number of rotatable bonds is 5. The Labute approximate surface area is 151 Å². The molecule has 2 aromatic carbocycles. The van der Waals surface area contributed by atoms with Crippen LogP contribution in [0.3, 0.4) is 0 Å². The molecule has 134 valence electrons. The first-order valence-electron chi connectivity index (χ1n) is 8.12. The molecule has 3 rings (SSSR count). The summed E-state index contributed by atoms with van der Waals surface area (Å²) >= 11 is 0. The maximum atomic E-state index is 11.9. The van der Waals surface area contributed by atoms with Crippen molar-refractivity contribution in [2.45, 2.75) is 13.8 Å². The van der Waals surface area contributed by atoms with Gasteiger partial charge in [-0.2, -0.15) is 0 Å². The minimum Gasteiger partial charge on any atom is -0.454 e. The van der Waals surface area contributed by atoms with Gasteiger partial charge in [-0.25, -0.2) is 4.79 Å². The molecule has 1 aliphatic rings. The van der Waals surface area contributed by atoms with Gasteiger partial charge in [0.15, 0.2) is 18.1 Å². The smallest absolute Gasteiger partial charge is 0.331 e. The van der Waals surface area contributed by atoms with Crippen LogP contribution in [0.4, 0.5) is 5.69 Å². The molecule has 1 aliphatic heterocycles. The number of carbonyl (C=O) groups excluding carboxylic acids is 2. The summed E-state index contributed by atoms with van der Waals surface area (Å²) in [4.78, 5) is 23.7. The lowest BCUT2D eigenvalue weighted by Crippen LogP contribution is -2.20. The van der Waals surface area contributed by atoms with Gasteiger partial charge in [-0.1, -0.05) is 12.1 Å². The molecule has 0 bridgehead atoms. The fraction of sp³-hybridized carbons (Fsp3) is 0.200. The van der Waals surface area contributed by atoms with Gasteiger partial charge in [-0.15, -0.1) is 0 Å². The van der Waals surface area contributed by atoms with Gasteiger partial charge < -0.3 is 19.5 Å². The molecular weight excluding hydrogens is 334 g/mol. The largest absolute Gasteiger partial charge is 0.454 e. The summed E-state index contributed by atoms with van der Waals surface area (Å²) in [5, 5.41) is 2.71. The van der Waals surface area contributed by atoms with E-state index < -0.39 is 5.97 Å². The van der Waals surface area contributed by atoms with Gasteiger partial charge in [-0.05, 0) is 60.9 Å². The molecule has 0 spiro atoms. The number of benzene rings is 2. The minimum absolute atomic E-state index is 0.195. The first kappa shape index (κ1) is 17.5. The standard InChI is InChI=1S/C20H19NO5/c1-13-7-14(2)9-16(8-13)21-19(22)11-24-20(23)6-4-15-3-5-17-18(10-15)26-12-25-17/h3-10H,11-12H2,1-2H3,(H,21,22)/b6-4+. The average molecular weight is 353 g/mol. The topological polar surface area (TPSA) is 73.9 Å². The van der Waals surface area contributed by atoms with E-state index in [1.54, 1.807) is 24.3 Å². The van der Waals surface area contributed by atoms with Crippen molar-refractivity contribution in [2.24, 2.45) is 0 Å². The normalized spacial score (nSPS) is 12.2. The van der Waals surface area contributed by atoms with Gasteiger partial charge in [-0.3, -0.25) is 4.79 Å². The van der Waals surface area contributed by atoms with E-state index in [2.05, 4.69) is 5.32 Å². The highest BCUT2D eigenvalue weighted by atomic mass is 16.7. The molecule has 0 aromatic heterocycles. The van der Waals surface area contributed by atoms with E-state index in [1.165, 1.54) is 6.08 Å². The van der Waals surface area contributed by atoms with E-state index in [9.17, 15) is 9.59 Å². The molecule has 1 N–H and O–H groups in total. The zero-order valence-electron chi connectivity index (χ0n) is 14.6. The lowest BCUT2D eigenvalue weighted by atomic mass is 10.1. The lowest BCUT2D eigenvalue weighted by Gasteiger charge is -2.07. The molecule has 26 heavy (non-hydrogen) atoms.